The van der Waals surface area contributed by atoms with E-state index in [-0.39, 0.29) is 0 Å². The van der Waals surface area contributed by atoms with Crippen molar-refractivity contribution < 1.29 is 0 Å². The maximum Gasteiger partial charge on any atom is 0.172 e. The number of aromatic nitrogens is 1. The molecule has 0 radical (unpaired) electrons. The molecule has 4 nitrogen and oxygen atoms in total. The monoisotopic (exact) mass is 350 g/mol. The number of benzene rings is 3. The van der Waals surface area contributed by atoms with Crippen molar-refractivity contribution in [3.05, 3.63) is 108 Å². The number of hydrazone groups is 1. The van der Waals surface area contributed by atoms with Crippen LogP contribution in [0.1, 0.15) is 11.3 Å². The van der Waals surface area contributed by atoms with Crippen LogP contribution in [0.25, 0.3) is 10.8 Å². The number of nitrogens with one attached hydrogen (secondary N) is 1. The third-order valence-electron chi connectivity index (χ3n) is 4.06. The maximum absolute atomic E-state index is 4.64. The van der Waals surface area contributed by atoms with Gasteiger partial charge in [0.05, 0.1) is 11.9 Å². The van der Waals surface area contributed by atoms with E-state index in [1.54, 1.807) is 12.4 Å². The molecule has 0 spiro atoms. The molecule has 0 aliphatic rings. The van der Waals surface area contributed by atoms with Crippen molar-refractivity contribution >= 4 is 28.5 Å². The van der Waals surface area contributed by atoms with Crippen LogP contribution in [-0.4, -0.2) is 17.0 Å². The molecule has 27 heavy (non-hydrogen) atoms. The van der Waals surface area contributed by atoms with Crippen molar-refractivity contribution in [2.24, 2.45) is 10.1 Å². The van der Waals surface area contributed by atoms with E-state index in [1.807, 2.05) is 66.7 Å². The normalized spacial score (nSPS) is 11.8. The predicted octanol–water partition coefficient (Wildman–Crippen LogP) is 4.94. The summed E-state index contributed by atoms with van der Waals surface area (Å²) in [5.74, 6) is 0.596. The highest BCUT2D eigenvalue weighted by atomic mass is 15.3. The molecule has 0 aliphatic heterocycles. The largest absolute Gasteiger partial charge is 0.260 e. The number of hydrogen-bond acceptors (Lipinski definition) is 3. The van der Waals surface area contributed by atoms with Gasteiger partial charge in [-0.2, -0.15) is 5.10 Å². The fourth-order valence-corrected chi connectivity index (χ4v) is 2.73. The summed E-state index contributed by atoms with van der Waals surface area (Å²) in [6.07, 6.45) is 3.53. The van der Waals surface area contributed by atoms with Gasteiger partial charge in [-0.05, 0) is 46.7 Å². The van der Waals surface area contributed by atoms with Crippen molar-refractivity contribution in [2.45, 2.75) is 0 Å². The topological polar surface area (TPSA) is 49.6 Å². The molecular weight excluding hydrogens is 332 g/mol. The van der Waals surface area contributed by atoms with Crippen LogP contribution in [0.5, 0.6) is 0 Å². The van der Waals surface area contributed by atoms with E-state index in [4.69, 9.17) is 0 Å². The van der Waals surface area contributed by atoms with Gasteiger partial charge in [0.25, 0.3) is 0 Å². The molecule has 4 heteroatoms. The summed E-state index contributed by atoms with van der Waals surface area (Å²) in [5, 5.41) is 6.77. The molecule has 3 aromatic carbocycles. The Morgan fingerprint density at radius 2 is 1.56 bits per heavy atom. The van der Waals surface area contributed by atoms with E-state index < -0.39 is 0 Å². The molecule has 1 aromatic heterocycles. The Labute approximate surface area is 157 Å². The molecule has 0 amide bonds. The number of nitrogens with zero attached hydrogens (tertiary/aromatic N) is 3. The number of pyridine rings is 1. The lowest BCUT2D eigenvalue weighted by Gasteiger charge is -2.05. The number of amidine groups is 1. The lowest BCUT2D eigenvalue weighted by Crippen LogP contribution is -2.20. The summed E-state index contributed by atoms with van der Waals surface area (Å²) in [5.41, 5.74) is 5.63. The lowest BCUT2D eigenvalue weighted by molar-refractivity contribution is 1.02. The van der Waals surface area contributed by atoms with Gasteiger partial charge in [0, 0.05) is 6.20 Å². The van der Waals surface area contributed by atoms with Gasteiger partial charge >= 0.3 is 0 Å². The molecule has 0 unspecified atom stereocenters. The van der Waals surface area contributed by atoms with E-state index >= 15 is 0 Å². The van der Waals surface area contributed by atoms with E-state index in [0.29, 0.717) is 5.84 Å². The van der Waals surface area contributed by atoms with E-state index in [1.165, 1.54) is 10.8 Å². The Hall–Kier alpha value is -3.79. The molecule has 130 valence electrons. The molecule has 1 heterocycles. The molecule has 0 bridgehead atoms. The second kappa shape index (κ2) is 8.06. The van der Waals surface area contributed by atoms with Gasteiger partial charge in [0.15, 0.2) is 5.84 Å². The second-order valence-corrected chi connectivity index (χ2v) is 5.99. The zero-order valence-electron chi connectivity index (χ0n) is 14.7. The van der Waals surface area contributed by atoms with Gasteiger partial charge in [-0.25, -0.2) is 4.99 Å². The van der Waals surface area contributed by atoms with E-state index in [2.05, 4.69) is 44.8 Å². The molecule has 4 aromatic rings. The summed E-state index contributed by atoms with van der Waals surface area (Å²) in [7, 11) is 0. The fraction of sp³-hybridized carbons (Fsp3) is 0. The van der Waals surface area contributed by atoms with Crippen molar-refractivity contribution in [1.82, 2.24) is 10.4 Å². The number of fused-ring (bicyclic) bond motifs is 1. The standard InChI is InChI=1S/C23H18N4/c1-2-10-21(11-3-1)26-23(22-12-6-7-15-24-22)27-25-17-18-13-14-19-8-4-5-9-20(19)16-18/h1-17H,(H,26,27)/b25-17-. The molecule has 0 atom stereocenters. The maximum atomic E-state index is 4.64. The summed E-state index contributed by atoms with van der Waals surface area (Å²) >= 11 is 0. The third kappa shape index (κ3) is 4.25. The van der Waals surface area contributed by atoms with Gasteiger partial charge in [0.2, 0.25) is 0 Å². The van der Waals surface area contributed by atoms with Crippen LogP contribution in [0.4, 0.5) is 5.69 Å². The Morgan fingerprint density at radius 3 is 2.37 bits per heavy atom. The average molecular weight is 350 g/mol. The summed E-state index contributed by atoms with van der Waals surface area (Å²) in [6, 6.07) is 30.0. The van der Waals surface area contributed by atoms with Crippen LogP contribution < -0.4 is 5.43 Å². The molecular formula is C23H18N4. The van der Waals surface area contributed by atoms with E-state index in [9.17, 15) is 0 Å². The van der Waals surface area contributed by atoms with Crippen LogP contribution in [0.3, 0.4) is 0 Å². The first-order valence-electron chi connectivity index (χ1n) is 8.71. The quantitative estimate of drug-likeness (QED) is 0.322. The van der Waals surface area contributed by atoms with Crippen molar-refractivity contribution in [3.63, 3.8) is 0 Å². The lowest BCUT2D eigenvalue weighted by atomic mass is 10.1. The van der Waals surface area contributed by atoms with Gasteiger partial charge in [0.1, 0.15) is 5.69 Å². The Bertz CT molecular complexity index is 1090. The number of hydrogen-bond donors (Lipinski definition) is 1. The van der Waals surface area contributed by atoms with Crippen molar-refractivity contribution in [1.29, 1.82) is 0 Å². The minimum Gasteiger partial charge on any atom is -0.260 e. The van der Waals surface area contributed by atoms with Crippen LogP contribution in [0, 0.1) is 0 Å². The first-order valence-corrected chi connectivity index (χ1v) is 8.71. The number of rotatable bonds is 4. The van der Waals surface area contributed by atoms with Crippen molar-refractivity contribution in [2.75, 3.05) is 0 Å². The SMILES string of the molecule is C(=N/NC(=Nc1ccccc1)c1ccccn1)/c1ccc2ccccc2c1. The van der Waals surface area contributed by atoms with Crippen LogP contribution in [-0.2, 0) is 0 Å². The minimum atomic E-state index is 0.596. The first kappa shape index (κ1) is 16.7. The summed E-state index contributed by atoms with van der Waals surface area (Å²) in [6.45, 7) is 0. The average Bonchev–Trinajstić information content (AvgIpc) is 2.74. The van der Waals surface area contributed by atoms with Gasteiger partial charge < -0.3 is 0 Å². The second-order valence-electron chi connectivity index (χ2n) is 5.99. The molecule has 0 saturated carbocycles. The highest BCUT2D eigenvalue weighted by Crippen LogP contribution is 2.15. The predicted molar refractivity (Wildman–Crippen MR) is 112 cm³/mol. The number of aliphatic imine (C=N–C) groups is 1. The van der Waals surface area contributed by atoms with Crippen LogP contribution in [0.2, 0.25) is 0 Å². The van der Waals surface area contributed by atoms with Crippen LogP contribution in [0.15, 0.2) is 107 Å². The molecule has 0 aliphatic carbocycles. The Kier molecular flexibility index (Phi) is 4.97. The van der Waals surface area contributed by atoms with Crippen molar-refractivity contribution in [3.8, 4) is 0 Å². The zero-order valence-corrected chi connectivity index (χ0v) is 14.7. The highest BCUT2D eigenvalue weighted by Gasteiger charge is 2.03. The Balaban J connectivity index is 1.59. The van der Waals surface area contributed by atoms with Gasteiger partial charge in [-0.3, -0.25) is 10.4 Å². The van der Waals surface area contributed by atoms with Gasteiger partial charge in [-0.1, -0.05) is 60.7 Å². The van der Waals surface area contributed by atoms with Crippen LogP contribution >= 0.6 is 0 Å². The zero-order chi connectivity index (χ0) is 18.3. The first-order chi connectivity index (χ1) is 13.4. The molecule has 0 saturated heterocycles. The summed E-state index contributed by atoms with van der Waals surface area (Å²) in [4.78, 5) is 9.01. The highest BCUT2D eigenvalue weighted by molar-refractivity contribution is 5.99. The Morgan fingerprint density at radius 1 is 0.778 bits per heavy atom. The molecule has 0 fully saturated rings. The molecule has 4 rings (SSSR count). The summed E-state index contributed by atoms with van der Waals surface area (Å²) < 4.78 is 0. The molecule has 1 N–H and O–H groups in total. The smallest absolute Gasteiger partial charge is 0.172 e. The van der Waals surface area contributed by atoms with Gasteiger partial charge in [-0.15, -0.1) is 0 Å². The van der Waals surface area contributed by atoms with E-state index in [0.717, 1.165) is 16.9 Å². The number of para-hydroxylation sites is 1. The minimum absolute atomic E-state index is 0.596. The fourth-order valence-electron chi connectivity index (χ4n) is 2.73. The third-order valence-corrected chi connectivity index (χ3v) is 4.06.